The molecule has 1 aliphatic heterocycles. The first-order valence-corrected chi connectivity index (χ1v) is 12.5. The molecule has 2 unspecified atom stereocenters. The van der Waals surface area contributed by atoms with Gasteiger partial charge in [0.2, 0.25) is 0 Å². The van der Waals surface area contributed by atoms with Crippen LogP contribution < -0.4 is 10.6 Å². The topological polar surface area (TPSA) is 86.3 Å². The van der Waals surface area contributed by atoms with Gasteiger partial charge in [0.05, 0.1) is 13.0 Å². The molecule has 1 heterocycles. The number of carboxylic acid groups (broad SMARTS) is 1. The lowest BCUT2D eigenvalue weighted by Crippen LogP contribution is -2.44. The molecule has 37 heavy (non-hydrogen) atoms. The highest BCUT2D eigenvalue weighted by Crippen LogP contribution is 2.42. The lowest BCUT2D eigenvalue weighted by atomic mass is 9.85. The summed E-state index contributed by atoms with van der Waals surface area (Å²) in [6.45, 7) is 5.69. The highest BCUT2D eigenvalue weighted by molar-refractivity contribution is 5.99. The standard InChI is InChI=1S/C30H34FN3O3/c1-20-7-8-23(15-21(20)2)16-27(25-5-4-6-26(31)17-25)30(19-37-30)34-29(32-3)24-11-9-22(10-12-24)18-33-14-13-28(35)36/h4-12,15,17,27,33H,13-14,16,18-19H2,1-3H3,(H,32,34)(H,35,36). The van der Waals surface area contributed by atoms with Crippen molar-refractivity contribution in [3.05, 3.63) is 106 Å². The Kier molecular flexibility index (Phi) is 8.36. The second kappa shape index (κ2) is 11.7. The number of hydrogen-bond acceptors (Lipinski definition) is 4. The Morgan fingerprint density at radius 1 is 1.08 bits per heavy atom. The van der Waals surface area contributed by atoms with Crippen LogP contribution in [0.4, 0.5) is 4.39 Å². The van der Waals surface area contributed by atoms with E-state index in [0.717, 1.165) is 16.7 Å². The van der Waals surface area contributed by atoms with Gasteiger partial charge < -0.3 is 20.5 Å². The molecule has 2 atom stereocenters. The lowest BCUT2D eigenvalue weighted by Gasteiger charge is -2.27. The molecule has 0 amide bonds. The number of aliphatic carboxylic acids is 1. The van der Waals surface area contributed by atoms with E-state index in [1.807, 2.05) is 30.3 Å². The fourth-order valence-electron chi connectivity index (χ4n) is 4.55. The van der Waals surface area contributed by atoms with E-state index in [0.29, 0.717) is 32.0 Å². The van der Waals surface area contributed by atoms with E-state index >= 15 is 0 Å². The summed E-state index contributed by atoms with van der Waals surface area (Å²) in [5.41, 5.74) is 5.78. The Hall–Kier alpha value is -3.55. The Balaban J connectivity index is 1.53. The van der Waals surface area contributed by atoms with Crippen LogP contribution in [-0.2, 0) is 22.5 Å². The molecular formula is C30H34FN3O3. The molecule has 7 heteroatoms. The summed E-state index contributed by atoms with van der Waals surface area (Å²) < 4.78 is 20.3. The predicted octanol–water partition coefficient (Wildman–Crippen LogP) is 4.73. The van der Waals surface area contributed by atoms with E-state index < -0.39 is 11.7 Å². The van der Waals surface area contributed by atoms with E-state index in [1.165, 1.54) is 22.8 Å². The number of rotatable bonds is 11. The molecule has 4 rings (SSSR count). The highest BCUT2D eigenvalue weighted by Gasteiger charge is 2.53. The largest absolute Gasteiger partial charge is 0.481 e. The van der Waals surface area contributed by atoms with Crippen LogP contribution in [-0.4, -0.2) is 42.8 Å². The summed E-state index contributed by atoms with van der Waals surface area (Å²) in [6, 6.07) is 21.1. The zero-order valence-corrected chi connectivity index (χ0v) is 21.6. The highest BCUT2D eigenvalue weighted by atomic mass is 19.1. The van der Waals surface area contributed by atoms with Crippen LogP contribution in [0, 0.1) is 19.7 Å². The van der Waals surface area contributed by atoms with Crippen molar-refractivity contribution in [1.82, 2.24) is 10.6 Å². The van der Waals surface area contributed by atoms with Crippen molar-refractivity contribution in [3.8, 4) is 0 Å². The van der Waals surface area contributed by atoms with Crippen molar-refractivity contribution in [2.75, 3.05) is 20.2 Å². The number of carbonyl (C=O) groups is 1. The number of hydrogen-bond donors (Lipinski definition) is 3. The van der Waals surface area contributed by atoms with Crippen LogP contribution in [0.1, 0.15) is 45.7 Å². The Bertz CT molecular complexity index is 1270. The van der Waals surface area contributed by atoms with Gasteiger partial charge in [-0.05, 0) is 60.2 Å². The predicted molar refractivity (Wildman–Crippen MR) is 143 cm³/mol. The molecule has 0 aliphatic carbocycles. The number of aryl methyl sites for hydroxylation is 2. The van der Waals surface area contributed by atoms with Gasteiger partial charge in [0.1, 0.15) is 11.7 Å². The van der Waals surface area contributed by atoms with Crippen LogP contribution in [0.2, 0.25) is 0 Å². The van der Waals surface area contributed by atoms with E-state index in [-0.39, 0.29) is 18.2 Å². The smallest absolute Gasteiger partial charge is 0.304 e. The van der Waals surface area contributed by atoms with Gasteiger partial charge >= 0.3 is 5.97 Å². The summed E-state index contributed by atoms with van der Waals surface area (Å²) in [4.78, 5) is 15.2. The molecule has 0 saturated carbocycles. The second-order valence-corrected chi connectivity index (χ2v) is 9.62. The van der Waals surface area contributed by atoms with Gasteiger partial charge in [-0.2, -0.15) is 0 Å². The molecule has 1 fully saturated rings. The molecule has 3 aromatic rings. The van der Waals surface area contributed by atoms with E-state index in [2.05, 4.69) is 47.7 Å². The van der Waals surface area contributed by atoms with Gasteiger partial charge in [0, 0.05) is 31.6 Å². The molecule has 194 valence electrons. The minimum Gasteiger partial charge on any atom is -0.481 e. The number of amidine groups is 1. The van der Waals surface area contributed by atoms with Crippen LogP contribution >= 0.6 is 0 Å². The zero-order chi connectivity index (χ0) is 26.4. The minimum absolute atomic E-state index is 0.0887. The SMILES string of the molecule is CN=C(NC1(C(Cc2ccc(C)c(C)c2)c2cccc(F)c2)CO1)c1ccc(CNCCC(=O)O)cc1. The first kappa shape index (κ1) is 26.5. The maximum Gasteiger partial charge on any atom is 0.304 e. The van der Waals surface area contributed by atoms with Crippen LogP contribution in [0.15, 0.2) is 71.7 Å². The summed E-state index contributed by atoms with van der Waals surface area (Å²) in [5, 5.41) is 15.5. The van der Waals surface area contributed by atoms with Crippen molar-refractivity contribution in [2.24, 2.45) is 4.99 Å². The Labute approximate surface area is 217 Å². The summed E-state index contributed by atoms with van der Waals surface area (Å²) in [6.07, 6.45) is 0.779. The molecule has 3 aromatic carbocycles. The number of benzene rings is 3. The Morgan fingerprint density at radius 3 is 2.43 bits per heavy atom. The molecule has 6 nitrogen and oxygen atoms in total. The summed E-state index contributed by atoms with van der Waals surface area (Å²) in [7, 11) is 1.74. The molecule has 0 spiro atoms. The quantitative estimate of drug-likeness (QED) is 0.153. The first-order chi connectivity index (χ1) is 17.8. The average molecular weight is 504 g/mol. The fourth-order valence-corrected chi connectivity index (χ4v) is 4.55. The van der Waals surface area contributed by atoms with Gasteiger partial charge in [0.15, 0.2) is 5.72 Å². The first-order valence-electron chi connectivity index (χ1n) is 12.5. The van der Waals surface area contributed by atoms with Crippen LogP contribution in [0.25, 0.3) is 0 Å². The molecule has 3 N–H and O–H groups in total. The van der Waals surface area contributed by atoms with Crippen molar-refractivity contribution in [1.29, 1.82) is 0 Å². The number of ether oxygens (including phenoxy) is 1. The lowest BCUT2D eigenvalue weighted by molar-refractivity contribution is -0.136. The summed E-state index contributed by atoms with van der Waals surface area (Å²) >= 11 is 0. The van der Waals surface area contributed by atoms with Gasteiger partial charge in [-0.1, -0.05) is 54.6 Å². The van der Waals surface area contributed by atoms with Gasteiger partial charge in [0.25, 0.3) is 0 Å². The van der Waals surface area contributed by atoms with E-state index in [4.69, 9.17) is 9.84 Å². The second-order valence-electron chi connectivity index (χ2n) is 9.62. The maximum atomic E-state index is 14.3. The third kappa shape index (κ3) is 6.81. The monoisotopic (exact) mass is 503 g/mol. The number of carboxylic acids is 1. The van der Waals surface area contributed by atoms with Crippen molar-refractivity contribution >= 4 is 11.8 Å². The van der Waals surface area contributed by atoms with E-state index in [9.17, 15) is 9.18 Å². The van der Waals surface area contributed by atoms with Crippen LogP contribution in [0.3, 0.4) is 0 Å². The molecule has 1 aliphatic rings. The number of epoxide rings is 1. The van der Waals surface area contributed by atoms with Gasteiger partial charge in [-0.25, -0.2) is 4.39 Å². The number of nitrogens with one attached hydrogen (secondary N) is 2. The average Bonchev–Trinajstić information content (AvgIpc) is 3.66. The van der Waals surface area contributed by atoms with Gasteiger partial charge in [-0.3, -0.25) is 9.79 Å². The maximum absolute atomic E-state index is 14.3. The molecule has 1 saturated heterocycles. The number of nitrogens with zero attached hydrogens (tertiary/aromatic N) is 1. The Morgan fingerprint density at radius 2 is 1.81 bits per heavy atom. The van der Waals surface area contributed by atoms with Crippen LogP contribution in [0.5, 0.6) is 0 Å². The van der Waals surface area contributed by atoms with Gasteiger partial charge in [-0.15, -0.1) is 0 Å². The van der Waals surface area contributed by atoms with Crippen molar-refractivity contribution < 1.29 is 19.0 Å². The molecule has 0 radical (unpaired) electrons. The van der Waals surface area contributed by atoms with E-state index in [1.54, 1.807) is 19.2 Å². The molecular weight excluding hydrogens is 469 g/mol. The fraction of sp³-hybridized carbons (Fsp3) is 0.333. The third-order valence-electron chi connectivity index (χ3n) is 6.91. The summed E-state index contributed by atoms with van der Waals surface area (Å²) in [5.74, 6) is -0.512. The molecule has 0 aromatic heterocycles. The molecule has 0 bridgehead atoms. The zero-order valence-electron chi connectivity index (χ0n) is 21.6. The van der Waals surface area contributed by atoms with Crippen molar-refractivity contribution in [3.63, 3.8) is 0 Å². The number of aliphatic imine (C=N–C) groups is 1. The van der Waals surface area contributed by atoms with Crippen molar-refractivity contribution in [2.45, 2.75) is 44.9 Å². The normalized spacial score (nSPS) is 17.9. The minimum atomic E-state index is -0.817. The number of halogens is 1. The third-order valence-corrected chi connectivity index (χ3v) is 6.91.